The highest BCUT2D eigenvalue weighted by atomic mass is 32.2. The molecule has 0 unspecified atom stereocenters. The third-order valence-corrected chi connectivity index (χ3v) is 4.85. The van der Waals surface area contributed by atoms with Gasteiger partial charge in [-0.05, 0) is 30.3 Å². The van der Waals surface area contributed by atoms with Gasteiger partial charge in [-0.15, -0.1) is 0 Å². The average molecular weight is 453 g/mol. The lowest BCUT2D eigenvalue weighted by atomic mass is 10.2. The van der Waals surface area contributed by atoms with Crippen LogP contribution >= 0.6 is 11.8 Å². The fraction of sp³-hybridized carbons (Fsp3) is 0.250. The Kier molecular flexibility index (Phi) is 7.06. The normalized spacial score (nSPS) is 11.3. The Labute approximate surface area is 180 Å². The Morgan fingerprint density at radius 2 is 1.90 bits per heavy atom. The number of amides is 1. The summed E-state index contributed by atoms with van der Waals surface area (Å²) in [6.45, 7) is 0. The van der Waals surface area contributed by atoms with E-state index in [1.807, 2.05) is 0 Å². The zero-order valence-corrected chi connectivity index (χ0v) is 17.3. The molecule has 2 heterocycles. The molecular formula is C20H18F3N3O4S. The molecule has 0 spiro atoms. The third-order valence-electron chi connectivity index (χ3n) is 4.00. The highest BCUT2D eigenvalue weighted by molar-refractivity contribution is 7.99. The molecule has 0 bridgehead atoms. The minimum absolute atomic E-state index is 0.0182. The Hall–Kier alpha value is -3.21. The number of aromatic nitrogens is 2. The van der Waals surface area contributed by atoms with Crippen LogP contribution in [0.25, 0.3) is 11.5 Å². The number of carbonyl (C=O) groups excluding carboxylic acids is 1. The summed E-state index contributed by atoms with van der Waals surface area (Å²) in [5, 5.41) is 2.60. The first-order valence-electron chi connectivity index (χ1n) is 8.95. The van der Waals surface area contributed by atoms with E-state index in [1.165, 1.54) is 26.5 Å². The second-order valence-corrected chi connectivity index (χ2v) is 7.17. The first-order valence-corrected chi connectivity index (χ1v) is 9.93. The Balaban J connectivity index is 1.64. The number of anilines is 1. The lowest BCUT2D eigenvalue weighted by molar-refractivity contribution is -0.141. The van der Waals surface area contributed by atoms with Gasteiger partial charge < -0.3 is 19.2 Å². The van der Waals surface area contributed by atoms with Gasteiger partial charge >= 0.3 is 6.18 Å². The summed E-state index contributed by atoms with van der Waals surface area (Å²) in [5.41, 5.74) is -0.557. The molecule has 3 rings (SSSR count). The van der Waals surface area contributed by atoms with Crippen LogP contribution in [-0.2, 0) is 11.0 Å². The molecule has 3 aromatic rings. The number of hydrogen-bond acceptors (Lipinski definition) is 7. The van der Waals surface area contributed by atoms with Gasteiger partial charge in [-0.1, -0.05) is 11.8 Å². The highest BCUT2D eigenvalue weighted by Gasteiger charge is 2.34. The lowest BCUT2D eigenvalue weighted by Crippen LogP contribution is -2.13. The molecule has 0 atom stereocenters. The van der Waals surface area contributed by atoms with Crippen LogP contribution < -0.4 is 14.8 Å². The van der Waals surface area contributed by atoms with Crippen molar-refractivity contribution in [3.8, 4) is 23.0 Å². The van der Waals surface area contributed by atoms with Gasteiger partial charge in [0.2, 0.25) is 5.91 Å². The van der Waals surface area contributed by atoms with E-state index in [4.69, 9.17) is 13.9 Å². The van der Waals surface area contributed by atoms with Crippen LogP contribution in [0.1, 0.15) is 12.1 Å². The van der Waals surface area contributed by atoms with Gasteiger partial charge in [0, 0.05) is 23.9 Å². The molecule has 0 aliphatic carbocycles. The van der Waals surface area contributed by atoms with Crippen molar-refractivity contribution in [2.24, 2.45) is 0 Å². The number of thioether (sulfide) groups is 1. The van der Waals surface area contributed by atoms with Crippen LogP contribution in [0.3, 0.4) is 0 Å². The molecule has 1 amide bonds. The van der Waals surface area contributed by atoms with Crippen molar-refractivity contribution in [3.63, 3.8) is 0 Å². The molecule has 0 fully saturated rings. The predicted octanol–water partition coefficient (Wildman–Crippen LogP) is 4.89. The van der Waals surface area contributed by atoms with E-state index >= 15 is 0 Å². The summed E-state index contributed by atoms with van der Waals surface area (Å²) in [7, 11) is 2.98. The molecule has 164 valence electrons. The number of ether oxygens (including phenoxy) is 2. The summed E-state index contributed by atoms with van der Waals surface area (Å²) in [6.07, 6.45) is -3.25. The molecule has 2 aromatic heterocycles. The van der Waals surface area contributed by atoms with Crippen molar-refractivity contribution < 1.29 is 31.9 Å². The van der Waals surface area contributed by atoms with Gasteiger partial charge in [-0.3, -0.25) is 4.79 Å². The largest absolute Gasteiger partial charge is 0.493 e. The number of hydrogen-bond donors (Lipinski definition) is 1. The van der Waals surface area contributed by atoms with Crippen molar-refractivity contribution in [3.05, 3.63) is 48.4 Å². The summed E-state index contributed by atoms with van der Waals surface area (Å²) in [5.74, 6) is 1.03. The summed E-state index contributed by atoms with van der Waals surface area (Å²) < 4.78 is 55.0. The fourth-order valence-electron chi connectivity index (χ4n) is 2.56. The minimum atomic E-state index is -4.63. The molecule has 31 heavy (non-hydrogen) atoms. The second kappa shape index (κ2) is 9.73. The number of carbonyl (C=O) groups is 1. The van der Waals surface area contributed by atoms with Crippen LogP contribution in [0.5, 0.6) is 11.5 Å². The second-order valence-electron chi connectivity index (χ2n) is 6.11. The van der Waals surface area contributed by atoms with Crippen LogP contribution in [0.2, 0.25) is 0 Å². The average Bonchev–Trinajstić information content (AvgIpc) is 3.28. The van der Waals surface area contributed by atoms with Crippen LogP contribution in [0.15, 0.2) is 52.2 Å². The van der Waals surface area contributed by atoms with E-state index in [2.05, 4.69) is 15.3 Å². The zero-order chi connectivity index (χ0) is 22.4. The number of benzene rings is 1. The monoisotopic (exact) mass is 453 g/mol. The smallest absolute Gasteiger partial charge is 0.433 e. The van der Waals surface area contributed by atoms with Crippen molar-refractivity contribution in [1.29, 1.82) is 0 Å². The maximum atomic E-state index is 13.2. The minimum Gasteiger partial charge on any atom is -0.493 e. The van der Waals surface area contributed by atoms with E-state index in [1.54, 1.807) is 24.3 Å². The van der Waals surface area contributed by atoms with Crippen molar-refractivity contribution in [1.82, 2.24) is 9.97 Å². The first kappa shape index (κ1) is 22.5. The van der Waals surface area contributed by atoms with Gasteiger partial charge in [0.15, 0.2) is 22.4 Å². The SMILES string of the molecule is COc1ccc(NC(=O)CCSc2nc(-c3ccco3)cc(C(F)(F)F)n2)cc1OC. The summed E-state index contributed by atoms with van der Waals surface area (Å²) >= 11 is 0.945. The highest BCUT2D eigenvalue weighted by Crippen LogP contribution is 2.32. The number of furan rings is 1. The van der Waals surface area contributed by atoms with E-state index in [-0.39, 0.29) is 34.7 Å². The van der Waals surface area contributed by atoms with Gasteiger partial charge in [0.05, 0.1) is 20.5 Å². The van der Waals surface area contributed by atoms with Gasteiger partial charge in [-0.2, -0.15) is 13.2 Å². The van der Waals surface area contributed by atoms with Crippen LogP contribution in [-0.4, -0.2) is 35.8 Å². The van der Waals surface area contributed by atoms with Gasteiger partial charge in [0.1, 0.15) is 11.4 Å². The summed E-state index contributed by atoms with van der Waals surface area (Å²) in [6, 6.07) is 8.79. The molecule has 0 aliphatic rings. The molecule has 1 aromatic carbocycles. The van der Waals surface area contributed by atoms with Gasteiger partial charge in [-0.25, -0.2) is 9.97 Å². The maximum Gasteiger partial charge on any atom is 0.433 e. The molecule has 11 heteroatoms. The van der Waals surface area contributed by atoms with Gasteiger partial charge in [0.25, 0.3) is 0 Å². The number of nitrogens with zero attached hydrogens (tertiary/aromatic N) is 2. The molecule has 0 aliphatic heterocycles. The van der Waals surface area contributed by atoms with Crippen molar-refractivity contribution >= 4 is 23.4 Å². The third kappa shape index (κ3) is 5.91. The standard InChI is InChI=1S/C20H18F3N3O4S/c1-28-15-6-5-12(10-16(15)29-2)24-18(27)7-9-31-19-25-13(14-4-3-8-30-14)11-17(26-19)20(21,22)23/h3-6,8,10-11H,7,9H2,1-2H3,(H,24,27). The molecule has 0 saturated heterocycles. The molecule has 1 N–H and O–H groups in total. The fourth-order valence-corrected chi connectivity index (χ4v) is 3.35. The van der Waals surface area contributed by atoms with Crippen LogP contribution in [0, 0.1) is 0 Å². The number of rotatable bonds is 8. The quantitative estimate of drug-likeness (QED) is 0.384. The Morgan fingerprint density at radius 1 is 1.13 bits per heavy atom. The van der Waals surface area contributed by atoms with Crippen LogP contribution in [0.4, 0.5) is 18.9 Å². The number of nitrogens with one attached hydrogen (secondary N) is 1. The number of halogens is 3. The zero-order valence-electron chi connectivity index (χ0n) is 16.5. The van der Waals surface area contributed by atoms with E-state index in [0.717, 1.165) is 17.8 Å². The van der Waals surface area contributed by atoms with Crippen molar-refractivity contribution in [2.75, 3.05) is 25.3 Å². The molecule has 0 saturated carbocycles. The lowest BCUT2D eigenvalue weighted by Gasteiger charge is -2.11. The Morgan fingerprint density at radius 3 is 2.55 bits per heavy atom. The molecule has 0 radical (unpaired) electrons. The summed E-state index contributed by atoms with van der Waals surface area (Å²) in [4.78, 5) is 19.9. The first-order chi connectivity index (χ1) is 14.8. The van der Waals surface area contributed by atoms with E-state index < -0.39 is 11.9 Å². The number of alkyl halides is 3. The predicted molar refractivity (Wildman–Crippen MR) is 108 cm³/mol. The molecule has 7 nitrogen and oxygen atoms in total. The topological polar surface area (TPSA) is 86.5 Å². The Bertz CT molecular complexity index is 1040. The maximum absolute atomic E-state index is 13.2. The van der Waals surface area contributed by atoms with E-state index in [9.17, 15) is 18.0 Å². The molecular weight excluding hydrogens is 435 g/mol. The number of methoxy groups -OCH3 is 2. The van der Waals surface area contributed by atoms with Crippen molar-refractivity contribution in [2.45, 2.75) is 17.8 Å². The van der Waals surface area contributed by atoms with E-state index in [0.29, 0.717) is 17.2 Å².